The molecule has 36 heavy (non-hydrogen) atoms. The Bertz CT molecular complexity index is 1320. The summed E-state index contributed by atoms with van der Waals surface area (Å²) in [6.07, 6.45) is -0.137. The molecular weight excluding hydrogens is 521 g/mol. The van der Waals surface area contributed by atoms with E-state index in [9.17, 15) is 14.4 Å². The number of carbonyl (C=O) groups is 3. The van der Waals surface area contributed by atoms with Gasteiger partial charge in [-0.1, -0.05) is 53.5 Å². The molecule has 0 bridgehead atoms. The van der Waals surface area contributed by atoms with Gasteiger partial charge in [-0.25, -0.2) is 4.79 Å². The molecule has 0 aromatic heterocycles. The van der Waals surface area contributed by atoms with E-state index in [4.69, 9.17) is 35.4 Å². The zero-order chi connectivity index (χ0) is 25.8. The van der Waals surface area contributed by atoms with Gasteiger partial charge in [-0.05, 0) is 60.2 Å². The molecule has 2 amide bonds. The smallest absolute Gasteiger partial charge is 0.337 e. The van der Waals surface area contributed by atoms with Crippen LogP contribution in [0.25, 0.3) is 0 Å². The normalized spacial score (nSPS) is 15.2. The van der Waals surface area contributed by atoms with Crippen LogP contribution in [0.4, 0.5) is 11.4 Å². The summed E-state index contributed by atoms with van der Waals surface area (Å²) in [5.41, 5.74) is 2.25. The van der Waals surface area contributed by atoms with E-state index in [1.807, 2.05) is 30.3 Å². The second-order valence-corrected chi connectivity index (χ2v) is 9.18. The number of nitrogens with one attached hydrogen (secondary N) is 1. The molecular formula is C26H21Cl2N3O4S. The first-order valence-corrected chi connectivity index (χ1v) is 12.1. The summed E-state index contributed by atoms with van der Waals surface area (Å²) in [5, 5.41) is 3.68. The number of ether oxygens (including phenoxy) is 1. The van der Waals surface area contributed by atoms with E-state index in [1.54, 1.807) is 47.4 Å². The van der Waals surface area contributed by atoms with Crippen LogP contribution in [0.1, 0.15) is 22.3 Å². The summed E-state index contributed by atoms with van der Waals surface area (Å²) >= 11 is 17.9. The predicted octanol–water partition coefficient (Wildman–Crippen LogP) is 5.31. The maximum atomic E-state index is 13.5. The molecule has 4 rings (SSSR count). The summed E-state index contributed by atoms with van der Waals surface area (Å²) in [7, 11) is 1.30. The van der Waals surface area contributed by atoms with E-state index in [0.717, 1.165) is 5.56 Å². The number of halogens is 2. The Morgan fingerprint density at radius 2 is 1.69 bits per heavy atom. The van der Waals surface area contributed by atoms with Gasteiger partial charge in [0.25, 0.3) is 5.91 Å². The van der Waals surface area contributed by atoms with Gasteiger partial charge < -0.3 is 15.0 Å². The van der Waals surface area contributed by atoms with Gasteiger partial charge in [0.05, 0.1) is 34.8 Å². The van der Waals surface area contributed by atoms with Crippen LogP contribution in [0.2, 0.25) is 10.0 Å². The summed E-state index contributed by atoms with van der Waals surface area (Å²) < 4.78 is 4.69. The molecule has 1 aliphatic heterocycles. The number of methoxy groups -OCH3 is 1. The second-order valence-electron chi connectivity index (χ2n) is 8.01. The fraction of sp³-hybridized carbons (Fsp3) is 0.154. The van der Waals surface area contributed by atoms with E-state index in [-0.39, 0.29) is 28.4 Å². The number of esters is 1. The molecule has 7 nitrogen and oxygen atoms in total. The zero-order valence-corrected chi connectivity index (χ0v) is 21.4. The Balaban J connectivity index is 1.57. The summed E-state index contributed by atoms with van der Waals surface area (Å²) in [6.45, 7) is 0.342. The average Bonchev–Trinajstić information content (AvgIpc) is 3.10. The van der Waals surface area contributed by atoms with Crippen molar-refractivity contribution in [3.05, 3.63) is 94.0 Å². The third-order valence-corrected chi connectivity index (χ3v) is 6.80. The first kappa shape index (κ1) is 25.6. The largest absolute Gasteiger partial charge is 0.465 e. The fourth-order valence-electron chi connectivity index (χ4n) is 3.85. The number of hydrogen-bond acceptors (Lipinski definition) is 5. The Hall–Kier alpha value is -3.46. The number of anilines is 2. The van der Waals surface area contributed by atoms with Crippen molar-refractivity contribution in [3.63, 3.8) is 0 Å². The van der Waals surface area contributed by atoms with E-state index < -0.39 is 12.0 Å². The number of rotatable bonds is 7. The van der Waals surface area contributed by atoms with Crippen LogP contribution in [-0.2, 0) is 20.9 Å². The average molecular weight is 542 g/mol. The number of benzene rings is 3. The van der Waals surface area contributed by atoms with Gasteiger partial charge in [0.15, 0.2) is 5.11 Å². The van der Waals surface area contributed by atoms with Gasteiger partial charge in [-0.3, -0.25) is 14.5 Å². The Morgan fingerprint density at radius 3 is 2.33 bits per heavy atom. The standard InChI is InChI=1S/C26H21Cl2N3O4S/c1-35-25(34)17-7-9-18(10-8-17)29-23(32)14-22-24(33)31(19-11-12-20(27)21(28)13-19)26(36)30(22)15-16-5-3-2-4-6-16/h2-13,22H,14-15H2,1H3,(H,29,32)/t22-/m1/s1. The van der Waals surface area contributed by atoms with Crippen LogP contribution >= 0.6 is 35.4 Å². The quantitative estimate of drug-likeness (QED) is 0.322. The molecule has 1 N–H and O–H groups in total. The van der Waals surface area contributed by atoms with E-state index in [2.05, 4.69) is 10.1 Å². The number of carbonyl (C=O) groups excluding carboxylic acids is 3. The number of hydrogen-bond donors (Lipinski definition) is 1. The molecule has 1 aliphatic rings. The molecule has 1 atom stereocenters. The first-order valence-electron chi connectivity index (χ1n) is 10.9. The molecule has 0 unspecified atom stereocenters. The van der Waals surface area contributed by atoms with Crippen molar-refractivity contribution in [2.45, 2.75) is 19.0 Å². The molecule has 1 fully saturated rings. The van der Waals surface area contributed by atoms with Crippen molar-refractivity contribution >= 4 is 69.7 Å². The number of nitrogens with zero attached hydrogens (tertiary/aromatic N) is 2. The molecule has 0 aliphatic carbocycles. The Labute approximate surface area is 223 Å². The van der Waals surface area contributed by atoms with Gasteiger partial charge in [0.2, 0.25) is 5.91 Å². The molecule has 0 radical (unpaired) electrons. The highest BCUT2D eigenvalue weighted by molar-refractivity contribution is 7.80. The summed E-state index contributed by atoms with van der Waals surface area (Å²) in [5.74, 6) is -1.20. The van der Waals surface area contributed by atoms with E-state index in [1.165, 1.54) is 12.0 Å². The third-order valence-electron chi connectivity index (χ3n) is 5.64. The van der Waals surface area contributed by atoms with E-state index in [0.29, 0.717) is 28.5 Å². The lowest BCUT2D eigenvalue weighted by Crippen LogP contribution is -2.37. The Morgan fingerprint density at radius 1 is 1.00 bits per heavy atom. The number of amides is 2. The first-order chi connectivity index (χ1) is 17.3. The predicted molar refractivity (Wildman–Crippen MR) is 143 cm³/mol. The lowest BCUT2D eigenvalue weighted by molar-refractivity contribution is -0.124. The summed E-state index contributed by atoms with van der Waals surface area (Å²) in [6, 6.07) is 19.8. The molecule has 0 spiro atoms. The van der Waals surface area contributed by atoms with Crippen LogP contribution in [0, 0.1) is 0 Å². The van der Waals surface area contributed by atoms with Crippen LogP contribution in [-0.4, -0.2) is 40.9 Å². The van der Waals surface area contributed by atoms with Crippen molar-refractivity contribution in [2.24, 2.45) is 0 Å². The van der Waals surface area contributed by atoms with Crippen molar-refractivity contribution in [1.82, 2.24) is 4.90 Å². The van der Waals surface area contributed by atoms with Crippen molar-refractivity contribution < 1.29 is 19.1 Å². The number of thiocarbonyl (C=S) groups is 1. The monoisotopic (exact) mass is 541 g/mol. The lowest BCUT2D eigenvalue weighted by atomic mass is 10.1. The Kier molecular flexibility index (Phi) is 7.88. The fourth-order valence-corrected chi connectivity index (χ4v) is 4.53. The highest BCUT2D eigenvalue weighted by atomic mass is 35.5. The topological polar surface area (TPSA) is 78.9 Å². The van der Waals surface area contributed by atoms with Crippen LogP contribution < -0.4 is 10.2 Å². The van der Waals surface area contributed by atoms with E-state index >= 15 is 0 Å². The zero-order valence-electron chi connectivity index (χ0n) is 19.1. The van der Waals surface area contributed by atoms with Crippen LogP contribution in [0.15, 0.2) is 72.8 Å². The molecule has 3 aromatic carbocycles. The summed E-state index contributed by atoms with van der Waals surface area (Å²) in [4.78, 5) is 41.2. The van der Waals surface area contributed by atoms with Gasteiger partial charge >= 0.3 is 5.97 Å². The van der Waals surface area contributed by atoms with Crippen molar-refractivity contribution in [1.29, 1.82) is 0 Å². The second kappa shape index (κ2) is 11.1. The highest BCUT2D eigenvalue weighted by Crippen LogP contribution is 2.33. The molecule has 1 saturated heterocycles. The molecule has 184 valence electrons. The highest BCUT2D eigenvalue weighted by Gasteiger charge is 2.44. The van der Waals surface area contributed by atoms with Crippen molar-refractivity contribution in [2.75, 3.05) is 17.3 Å². The van der Waals surface area contributed by atoms with Crippen LogP contribution in [0.5, 0.6) is 0 Å². The third kappa shape index (κ3) is 5.51. The molecule has 1 heterocycles. The van der Waals surface area contributed by atoms with Gasteiger partial charge in [0, 0.05) is 12.2 Å². The van der Waals surface area contributed by atoms with Crippen molar-refractivity contribution in [3.8, 4) is 0 Å². The molecule has 10 heteroatoms. The maximum absolute atomic E-state index is 13.5. The SMILES string of the molecule is COC(=O)c1ccc(NC(=O)C[C@@H]2C(=O)N(c3ccc(Cl)c(Cl)c3)C(=S)N2Cc2ccccc2)cc1. The maximum Gasteiger partial charge on any atom is 0.337 e. The van der Waals surface area contributed by atoms with Gasteiger partial charge in [-0.2, -0.15) is 0 Å². The van der Waals surface area contributed by atoms with Crippen LogP contribution in [0.3, 0.4) is 0 Å². The minimum absolute atomic E-state index is 0.137. The van der Waals surface area contributed by atoms with Gasteiger partial charge in [-0.15, -0.1) is 0 Å². The minimum atomic E-state index is -0.832. The minimum Gasteiger partial charge on any atom is -0.465 e. The lowest BCUT2D eigenvalue weighted by Gasteiger charge is -2.24. The molecule has 3 aromatic rings. The molecule has 0 saturated carbocycles. The van der Waals surface area contributed by atoms with Gasteiger partial charge in [0.1, 0.15) is 6.04 Å².